The molecule has 5 heteroatoms. The van der Waals surface area contributed by atoms with E-state index in [2.05, 4.69) is 15.3 Å². The molecule has 3 aromatic rings. The van der Waals surface area contributed by atoms with E-state index < -0.39 is 0 Å². The Bertz CT molecular complexity index is 709. The number of anilines is 1. The number of nitrogens with zero attached hydrogens (tertiary/aromatic N) is 2. The molecule has 0 amide bonds. The molecular weight excluding hydrogens is 254 g/mol. The van der Waals surface area contributed by atoms with E-state index in [-0.39, 0.29) is 6.04 Å². The van der Waals surface area contributed by atoms with Crippen molar-refractivity contribution < 1.29 is 9.15 Å². The second-order valence-electron chi connectivity index (χ2n) is 4.47. The van der Waals surface area contributed by atoms with Crippen LogP contribution in [0, 0.1) is 0 Å². The van der Waals surface area contributed by atoms with Gasteiger partial charge in [0.15, 0.2) is 11.3 Å². The first kappa shape index (κ1) is 12.5. The van der Waals surface area contributed by atoms with Crippen molar-refractivity contribution in [1.82, 2.24) is 9.97 Å². The third-order valence-electron chi connectivity index (χ3n) is 3.09. The third kappa shape index (κ3) is 2.30. The molecule has 0 fully saturated rings. The lowest BCUT2D eigenvalue weighted by Gasteiger charge is -2.10. The Hall–Kier alpha value is -2.56. The van der Waals surface area contributed by atoms with Crippen LogP contribution >= 0.6 is 0 Å². The molecule has 0 saturated carbocycles. The summed E-state index contributed by atoms with van der Waals surface area (Å²) in [5, 5.41) is 4.22. The second kappa shape index (κ2) is 5.21. The number of para-hydroxylation sites is 1. The van der Waals surface area contributed by atoms with E-state index in [0.29, 0.717) is 5.95 Å². The maximum Gasteiger partial charge on any atom is 0.223 e. The second-order valence-corrected chi connectivity index (χ2v) is 4.47. The van der Waals surface area contributed by atoms with Crippen molar-refractivity contribution in [1.29, 1.82) is 0 Å². The number of rotatable bonds is 4. The summed E-state index contributed by atoms with van der Waals surface area (Å²) in [6, 6.07) is 9.57. The molecule has 3 rings (SSSR count). The first-order valence-corrected chi connectivity index (χ1v) is 6.38. The molecule has 20 heavy (non-hydrogen) atoms. The van der Waals surface area contributed by atoms with Crippen LogP contribution in [0.1, 0.15) is 18.7 Å². The van der Waals surface area contributed by atoms with Crippen LogP contribution in [-0.4, -0.2) is 17.1 Å². The van der Waals surface area contributed by atoms with Crippen LogP contribution in [-0.2, 0) is 0 Å². The lowest BCUT2D eigenvalue weighted by molar-refractivity contribution is 0.406. The highest BCUT2D eigenvalue weighted by atomic mass is 16.5. The quantitative estimate of drug-likeness (QED) is 0.786. The number of fused-ring (bicyclic) bond motifs is 1. The maximum atomic E-state index is 5.88. The minimum Gasteiger partial charge on any atom is -0.493 e. The molecule has 2 aromatic heterocycles. The van der Waals surface area contributed by atoms with Crippen LogP contribution < -0.4 is 10.1 Å². The average Bonchev–Trinajstić information content (AvgIpc) is 2.92. The molecule has 0 bridgehead atoms. The predicted molar refractivity (Wildman–Crippen MR) is 76.8 cm³/mol. The van der Waals surface area contributed by atoms with Crippen LogP contribution in [0.5, 0.6) is 5.75 Å². The standard InChI is InChI=1S/C15H15N3O2/c1-10(18-15-16-7-4-8-17-15)13-9-11-5-3-6-12(19-2)14(11)20-13/h3-10H,1-2H3,(H,16,17,18)/t10-/m1/s1. The number of aromatic nitrogens is 2. The van der Waals surface area contributed by atoms with Gasteiger partial charge < -0.3 is 14.5 Å². The number of methoxy groups -OCH3 is 1. The number of hydrogen-bond acceptors (Lipinski definition) is 5. The molecular formula is C15H15N3O2. The van der Waals surface area contributed by atoms with Gasteiger partial charge in [0.05, 0.1) is 13.2 Å². The minimum absolute atomic E-state index is 0.0329. The smallest absolute Gasteiger partial charge is 0.223 e. The number of ether oxygens (including phenoxy) is 1. The van der Waals surface area contributed by atoms with Crippen molar-refractivity contribution in [3.8, 4) is 5.75 Å². The van der Waals surface area contributed by atoms with Gasteiger partial charge in [0.1, 0.15) is 5.76 Å². The monoisotopic (exact) mass is 269 g/mol. The molecule has 5 nitrogen and oxygen atoms in total. The van der Waals surface area contributed by atoms with E-state index in [1.807, 2.05) is 31.2 Å². The summed E-state index contributed by atoms with van der Waals surface area (Å²) in [6.07, 6.45) is 3.40. The molecule has 0 aliphatic heterocycles. The fourth-order valence-corrected chi connectivity index (χ4v) is 2.07. The zero-order valence-corrected chi connectivity index (χ0v) is 11.3. The molecule has 1 N–H and O–H groups in total. The molecule has 0 aliphatic rings. The summed E-state index contributed by atoms with van der Waals surface area (Å²) in [5.41, 5.74) is 0.757. The molecule has 1 aromatic carbocycles. The first-order valence-electron chi connectivity index (χ1n) is 6.38. The minimum atomic E-state index is -0.0329. The molecule has 0 unspecified atom stereocenters. The molecule has 2 heterocycles. The van der Waals surface area contributed by atoms with E-state index in [1.165, 1.54) is 0 Å². The van der Waals surface area contributed by atoms with E-state index in [9.17, 15) is 0 Å². The fourth-order valence-electron chi connectivity index (χ4n) is 2.07. The van der Waals surface area contributed by atoms with Crippen LogP contribution in [0.3, 0.4) is 0 Å². The third-order valence-corrected chi connectivity index (χ3v) is 3.09. The zero-order chi connectivity index (χ0) is 13.9. The normalized spacial score (nSPS) is 12.3. The Morgan fingerprint density at radius 2 is 2.00 bits per heavy atom. The van der Waals surface area contributed by atoms with Crippen LogP contribution in [0.25, 0.3) is 11.0 Å². The van der Waals surface area contributed by atoms with Crippen molar-refractivity contribution >= 4 is 16.9 Å². The summed E-state index contributed by atoms with van der Waals surface area (Å²) < 4.78 is 11.2. The lowest BCUT2D eigenvalue weighted by Crippen LogP contribution is -2.08. The van der Waals surface area contributed by atoms with Gasteiger partial charge in [0.25, 0.3) is 0 Å². The highest BCUT2D eigenvalue weighted by molar-refractivity contribution is 5.83. The molecule has 1 atom stereocenters. The Balaban J connectivity index is 1.90. The number of furan rings is 1. The summed E-state index contributed by atoms with van der Waals surface area (Å²) in [4.78, 5) is 8.29. The van der Waals surface area contributed by atoms with E-state index in [4.69, 9.17) is 9.15 Å². The van der Waals surface area contributed by atoms with Gasteiger partial charge in [-0.05, 0) is 25.1 Å². The predicted octanol–water partition coefficient (Wildman–Crippen LogP) is 3.40. The summed E-state index contributed by atoms with van der Waals surface area (Å²) in [7, 11) is 1.64. The van der Waals surface area contributed by atoms with Gasteiger partial charge in [-0.25, -0.2) is 9.97 Å². The van der Waals surface area contributed by atoms with Gasteiger partial charge in [-0.1, -0.05) is 12.1 Å². The van der Waals surface area contributed by atoms with Crippen LogP contribution in [0.15, 0.2) is 47.1 Å². The highest BCUT2D eigenvalue weighted by Gasteiger charge is 2.14. The van der Waals surface area contributed by atoms with E-state index >= 15 is 0 Å². The molecule has 102 valence electrons. The number of benzene rings is 1. The maximum absolute atomic E-state index is 5.88. The Morgan fingerprint density at radius 3 is 2.75 bits per heavy atom. The van der Waals surface area contributed by atoms with Crippen molar-refractivity contribution in [3.05, 3.63) is 48.5 Å². The fraction of sp³-hybridized carbons (Fsp3) is 0.200. The summed E-state index contributed by atoms with van der Waals surface area (Å²) in [6.45, 7) is 2.00. The van der Waals surface area contributed by atoms with Crippen molar-refractivity contribution in [3.63, 3.8) is 0 Å². The van der Waals surface area contributed by atoms with Crippen molar-refractivity contribution in [2.75, 3.05) is 12.4 Å². The van der Waals surface area contributed by atoms with Crippen LogP contribution in [0.4, 0.5) is 5.95 Å². The molecule has 0 radical (unpaired) electrons. The van der Waals surface area contributed by atoms with E-state index in [0.717, 1.165) is 22.5 Å². The Labute approximate surface area is 116 Å². The van der Waals surface area contributed by atoms with Gasteiger partial charge in [0, 0.05) is 17.8 Å². The van der Waals surface area contributed by atoms with Gasteiger partial charge in [0.2, 0.25) is 5.95 Å². The first-order chi connectivity index (χ1) is 9.78. The van der Waals surface area contributed by atoms with E-state index in [1.54, 1.807) is 25.6 Å². The number of hydrogen-bond donors (Lipinski definition) is 1. The zero-order valence-electron chi connectivity index (χ0n) is 11.3. The van der Waals surface area contributed by atoms with Gasteiger partial charge in [-0.3, -0.25) is 0 Å². The summed E-state index contributed by atoms with van der Waals surface area (Å²) >= 11 is 0. The van der Waals surface area contributed by atoms with Gasteiger partial charge in [-0.2, -0.15) is 0 Å². The Kier molecular flexibility index (Phi) is 3.25. The van der Waals surface area contributed by atoms with Gasteiger partial charge >= 0.3 is 0 Å². The molecule has 0 saturated heterocycles. The Morgan fingerprint density at radius 1 is 1.20 bits per heavy atom. The van der Waals surface area contributed by atoms with Crippen molar-refractivity contribution in [2.24, 2.45) is 0 Å². The number of nitrogens with one attached hydrogen (secondary N) is 1. The summed E-state index contributed by atoms with van der Waals surface area (Å²) in [5.74, 6) is 2.13. The lowest BCUT2D eigenvalue weighted by atomic mass is 10.2. The van der Waals surface area contributed by atoms with Crippen molar-refractivity contribution in [2.45, 2.75) is 13.0 Å². The molecule has 0 spiro atoms. The highest BCUT2D eigenvalue weighted by Crippen LogP contribution is 2.31. The average molecular weight is 269 g/mol. The SMILES string of the molecule is COc1cccc2cc([C@@H](C)Nc3ncccn3)oc12. The topological polar surface area (TPSA) is 60.2 Å². The van der Waals surface area contributed by atoms with Gasteiger partial charge in [-0.15, -0.1) is 0 Å². The molecule has 0 aliphatic carbocycles. The van der Waals surface area contributed by atoms with Crippen LogP contribution in [0.2, 0.25) is 0 Å². The largest absolute Gasteiger partial charge is 0.493 e.